The van der Waals surface area contributed by atoms with Gasteiger partial charge in [0.2, 0.25) is 5.91 Å². The molecule has 0 saturated heterocycles. The van der Waals surface area contributed by atoms with Crippen molar-refractivity contribution in [2.75, 3.05) is 5.32 Å². The smallest absolute Gasteiger partial charge is 0.221 e. The summed E-state index contributed by atoms with van der Waals surface area (Å²) in [4.78, 5) is 15.4. The number of benzene rings is 2. The van der Waals surface area contributed by atoms with Gasteiger partial charge in [-0.3, -0.25) is 9.78 Å². The molecule has 2 aromatic carbocycles. The topological polar surface area (TPSA) is 51.2 Å². The Hall–Kier alpha value is -2.30. The lowest BCUT2D eigenvalue weighted by atomic mass is 10.1. The Bertz CT molecular complexity index is 907. The molecule has 4 nitrogen and oxygen atoms in total. The molecule has 1 heterocycles. The van der Waals surface area contributed by atoms with Crippen molar-refractivity contribution in [1.82, 2.24) is 4.98 Å². The summed E-state index contributed by atoms with van der Waals surface area (Å²) in [6.45, 7) is 1.60. The molecule has 1 amide bonds. The van der Waals surface area contributed by atoms with Crippen LogP contribution in [0.3, 0.4) is 0 Å². The third kappa shape index (κ3) is 3.45. The molecule has 6 heteroatoms. The minimum Gasteiger partial charge on any atom is -0.488 e. The highest BCUT2D eigenvalue weighted by molar-refractivity contribution is 6.38. The number of pyridine rings is 1. The Morgan fingerprint density at radius 2 is 2.04 bits per heavy atom. The number of fused-ring (bicyclic) bond motifs is 1. The summed E-state index contributed by atoms with van der Waals surface area (Å²) in [5.41, 5.74) is 1.12. The van der Waals surface area contributed by atoms with Crippen LogP contribution in [0.5, 0.6) is 5.75 Å². The zero-order chi connectivity index (χ0) is 17.1. The maximum absolute atomic E-state index is 11.2. The van der Waals surface area contributed by atoms with Crippen LogP contribution in [-0.2, 0) is 11.4 Å². The van der Waals surface area contributed by atoms with Crippen molar-refractivity contribution in [3.05, 3.63) is 64.4 Å². The first-order valence-corrected chi connectivity index (χ1v) is 8.02. The molecule has 0 saturated carbocycles. The highest BCUT2D eigenvalue weighted by Gasteiger charge is 2.13. The SMILES string of the molecule is CC(=O)Nc1ccc(Cl)c(COc2cccc3ccncc23)c1Cl. The van der Waals surface area contributed by atoms with Crippen molar-refractivity contribution in [3.8, 4) is 5.75 Å². The van der Waals surface area contributed by atoms with Crippen molar-refractivity contribution in [2.24, 2.45) is 0 Å². The summed E-state index contributed by atoms with van der Waals surface area (Å²) >= 11 is 12.6. The molecule has 0 radical (unpaired) electrons. The van der Waals surface area contributed by atoms with Gasteiger partial charge in [-0.2, -0.15) is 0 Å². The fourth-order valence-electron chi connectivity index (χ4n) is 2.38. The normalized spacial score (nSPS) is 10.6. The predicted octanol–water partition coefficient (Wildman–Crippen LogP) is 5.08. The maximum Gasteiger partial charge on any atom is 0.221 e. The van der Waals surface area contributed by atoms with Crippen LogP contribution in [0.4, 0.5) is 5.69 Å². The minimum atomic E-state index is -0.203. The molecule has 0 aliphatic carbocycles. The number of carbonyl (C=O) groups is 1. The molecule has 1 aromatic heterocycles. The van der Waals surface area contributed by atoms with E-state index >= 15 is 0 Å². The maximum atomic E-state index is 11.2. The van der Waals surface area contributed by atoms with E-state index in [-0.39, 0.29) is 12.5 Å². The van der Waals surface area contributed by atoms with Gasteiger partial charge in [0.15, 0.2) is 0 Å². The molecule has 122 valence electrons. The molecular formula is C18H14Cl2N2O2. The summed E-state index contributed by atoms with van der Waals surface area (Å²) in [6, 6.07) is 11.0. The van der Waals surface area contributed by atoms with E-state index in [1.54, 1.807) is 24.5 Å². The van der Waals surface area contributed by atoms with E-state index < -0.39 is 0 Å². The average molecular weight is 361 g/mol. The summed E-state index contributed by atoms with van der Waals surface area (Å²) in [5, 5.41) is 5.47. The average Bonchev–Trinajstić information content (AvgIpc) is 2.57. The number of aromatic nitrogens is 1. The fourth-order valence-corrected chi connectivity index (χ4v) is 2.90. The zero-order valence-corrected chi connectivity index (χ0v) is 14.4. The van der Waals surface area contributed by atoms with Crippen molar-refractivity contribution in [1.29, 1.82) is 0 Å². The summed E-state index contributed by atoms with van der Waals surface area (Å²) in [5.74, 6) is 0.490. The monoisotopic (exact) mass is 360 g/mol. The van der Waals surface area contributed by atoms with E-state index in [4.69, 9.17) is 27.9 Å². The molecule has 0 fully saturated rings. The second kappa shape index (κ2) is 7.07. The van der Waals surface area contributed by atoms with Crippen LogP contribution in [0.2, 0.25) is 10.0 Å². The van der Waals surface area contributed by atoms with E-state index in [1.807, 2.05) is 24.3 Å². The Balaban J connectivity index is 1.90. The molecule has 0 aliphatic heterocycles. The lowest BCUT2D eigenvalue weighted by molar-refractivity contribution is -0.114. The molecule has 3 aromatic rings. The van der Waals surface area contributed by atoms with Gasteiger partial charge < -0.3 is 10.1 Å². The van der Waals surface area contributed by atoms with E-state index in [9.17, 15) is 4.79 Å². The predicted molar refractivity (Wildman–Crippen MR) is 96.8 cm³/mol. The number of halogens is 2. The number of hydrogen-bond donors (Lipinski definition) is 1. The molecule has 0 spiro atoms. The molecule has 1 N–H and O–H groups in total. The van der Waals surface area contributed by atoms with Gasteiger partial charge in [-0.1, -0.05) is 35.3 Å². The molecule has 0 atom stereocenters. The molecule has 3 rings (SSSR count). The summed E-state index contributed by atoms with van der Waals surface area (Å²) < 4.78 is 5.91. The van der Waals surface area contributed by atoms with E-state index in [2.05, 4.69) is 10.3 Å². The van der Waals surface area contributed by atoms with Gasteiger partial charge in [0, 0.05) is 35.3 Å². The highest BCUT2D eigenvalue weighted by Crippen LogP contribution is 2.33. The van der Waals surface area contributed by atoms with Gasteiger partial charge in [-0.05, 0) is 29.7 Å². The number of ether oxygens (including phenoxy) is 1. The first-order chi connectivity index (χ1) is 11.6. The second-order valence-electron chi connectivity index (χ2n) is 5.21. The first kappa shape index (κ1) is 16.6. The standard InChI is InChI=1S/C18H14Cl2N2O2/c1-11(23)22-16-6-5-15(19)14(18(16)20)10-24-17-4-2-3-12-7-8-21-9-13(12)17/h2-9H,10H2,1H3,(H,22,23). The lowest BCUT2D eigenvalue weighted by Crippen LogP contribution is -2.08. The van der Waals surface area contributed by atoms with Crippen molar-refractivity contribution in [3.63, 3.8) is 0 Å². The van der Waals surface area contributed by atoms with Crippen LogP contribution >= 0.6 is 23.2 Å². The van der Waals surface area contributed by atoms with E-state index in [0.29, 0.717) is 27.0 Å². The molecule has 0 aliphatic rings. The van der Waals surface area contributed by atoms with E-state index in [0.717, 1.165) is 10.8 Å². The van der Waals surface area contributed by atoms with Gasteiger partial charge in [-0.25, -0.2) is 0 Å². The Morgan fingerprint density at radius 3 is 2.83 bits per heavy atom. The van der Waals surface area contributed by atoms with Crippen LogP contribution in [0, 0.1) is 0 Å². The second-order valence-corrected chi connectivity index (χ2v) is 6.00. The van der Waals surface area contributed by atoms with Gasteiger partial charge in [0.05, 0.1) is 10.7 Å². The van der Waals surface area contributed by atoms with Crippen LogP contribution in [0.1, 0.15) is 12.5 Å². The zero-order valence-electron chi connectivity index (χ0n) is 12.8. The fraction of sp³-hybridized carbons (Fsp3) is 0.111. The number of rotatable bonds is 4. The van der Waals surface area contributed by atoms with Gasteiger partial charge in [-0.15, -0.1) is 0 Å². The number of carbonyl (C=O) groups excluding carboxylic acids is 1. The number of hydrogen-bond acceptors (Lipinski definition) is 3. The Labute approximate surface area is 149 Å². The third-order valence-corrected chi connectivity index (χ3v) is 4.30. The molecule has 0 bridgehead atoms. The quantitative estimate of drug-likeness (QED) is 0.705. The Kier molecular flexibility index (Phi) is 4.88. The van der Waals surface area contributed by atoms with Crippen LogP contribution in [0.25, 0.3) is 10.8 Å². The largest absolute Gasteiger partial charge is 0.488 e. The van der Waals surface area contributed by atoms with Gasteiger partial charge >= 0.3 is 0 Å². The molecule has 0 unspecified atom stereocenters. The minimum absolute atomic E-state index is 0.180. The number of nitrogens with zero attached hydrogens (tertiary/aromatic N) is 1. The first-order valence-electron chi connectivity index (χ1n) is 7.26. The van der Waals surface area contributed by atoms with Crippen molar-refractivity contribution in [2.45, 2.75) is 13.5 Å². The number of amides is 1. The lowest BCUT2D eigenvalue weighted by Gasteiger charge is -2.14. The Morgan fingerprint density at radius 1 is 1.21 bits per heavy atom. The van der Waals surface area contributed by atoms with Crippen molar-refractivity contribution < 1.29 is 9.53 Å². The number of nitrogens with one attached hydrogen (secondary N) is 1. The molecular weight excluding hydrogens is 347 g/mol. The number of anilines is 1. The van der Waals surface area contributed by atoms with Gasteiger partial charge in [0.25, 0.3) is 0 Å². The summed E-state index contributed by atoms with van der Waals surface area (Å²) in [7, 11) is 0. The third-order valence-electron chi connectivity index (χ3n) is 3.51. The summed E-state index contributed by atoms with van der Waals surface area (Å²) in [6.07, 6.45) is 3.48. The molecule has 24 heavy (non-hydrogen) atoms. The van der Waals surface area contributed by atoms with E-state index in [1.165, 1.54) is 6.92 Å². The van der Waals surface area contributed by atoms with Crippen molar-refractivity contribution >= 4 is 45.6 Å². The highest BCUT2D eigenvalue weighted by atomic mass is 35.5. The van der Waals surface area contributed by atoms with Crippen LogP contribution < -0.4 is 10.1 Å². The van der Waals surface area contributed by atoms with Gasteiger partial charge in [0.1, 0.15) is 12.4 Å². The van der Waals surface area contributed by atoms with Crippen LogP contribution in [0.15, 0.2) is 48.8 Å². The van der Waals surface area contributed by atoms with Crippen LogP contribution in [-0.4, -0.2) is 10.9 Å².